The number of halogens is 1. The molecule has 1 N–H and O–H groups in total. The molecule has 4 nitrogen and oxygen atoms in total. The molecule has 20 heavy (non-hydrogen) atoms. The van der Waals surface area contributed by atoms with Crippen LogP contribution >= 0.6 is 15.9 Å². The Hall–Kier alpha value is -1.53. The van der Waals surface area contributed by atoms with E-state index in [1.54, 1.807) is 18.3 Å². The first-order chi connectivity index (χ1) is 9.58. The van der Waals surface area contributed by atoms with E-state index in [0.29, 0.717) is 21.5 Å². The highest BCUT2D eigenvalue weighted by Gasteiger charge is 2.15. The Labute approximate surface area is 127 Å². The summed E-state index contributed by atoms with van der Waals surface area (Å²) in [6.45, 7) is 0. The number of carbonyl (C=O) groups is 1. The van der Waals surface area contributed by atoms with Gasteiger partial charge in [-0.25, -0.2) is 4.79 Å². The van der Waals surface area contributed by atoms with Crippen LogP contribution < -0.4 is 0 Å². The van der Waals surface area contributed by atoms with Crippen LogP contribution in [0, 0.1) is 0 Å². The van der Waals surface area contributed by atoms with Crippen LogP contribution in [0.5, 0.6) is 0 Å². The molecule has 1 aromatic heterocycles. The van der Waals surface area contributed by atoms with Crippen molar-refractivity contribution in [2.75, 3.05) is 5.75 Å². The predicted molar refractivity (Wildman–Crippen MR) is 80.3 cm³/mol. The summed E-state index contributed by atoms with van der Waals surface area (Å²) in [5.74, 6) is -0.730. The van der Waals surface area contributed by atoms with Gasteiger partial charge in [0, 0.05) is 28.5 Å². The van der Waals surface area contributed by atoms with E-state index in [4.69, 9.17) is 5.11 Å². The summed E-state index contributed by atoms with van der Waals surface area (Å²) in [7, 11) is -1.38. The lowest BCUT2D eigenvalue weighted by atomic mass is 10.2. The number of aromatic nitrogens is 1. The van der Waals surface area contributed by atoms with Gasteiger partial charge in [0.25, 0.3) is 0 Å². The molecule has 0 saturated carbocycles. The number of carboxylic acid groups (broad SMARTS) is 1. The maximum Gasteiger partial charge on any atom is 0.336 e. The zero-order valence-electron chi connectivity index (χ0n) is 10.5. The van der Waals surface area contributed by atoms with Crippen LogP contribution in [0.15, 0.2) is 52.0 Å². The molecular weight excluding hydrogens is 342 g/mol. The smallest absolute Gasteiger partial charge is 0.336 e. The zero-order chi connectivity index (χ0) is 14.5. The van der Waals surface area contributed by atoms with Crippen LogP contribution in [-0.2, 0) is 17.2 Å². The summed E-state index contributed by atoms with van der Waals surface area (Å²) in [6, 6.07) is 10.2. The van der Waals surface area contributed by atoms with E-state index in [-0.39, 0.29) is 5.56 Å². The molecule has 0 amide bonds. The lowest BCUT2D eigenvalue weighted by Gasteiger charge is -2.07. The topological polar surface area (TPSA) is 67.3 Å². The lowest BCUT2D eigenvalue weighted by molar-refractivity contribution is 0.0693. The number of aryl methyl sites for hydroxylation is 1. The Kier molecular flexibility index (Phi) is 5.03. The first kappa shape index (κ1) is 14.9. The van der Waals surface area contributed by atoms with Gasteiger partial charge < -0.3 is 5.11 Å². The average Bonchev–Trinajstić information content (AvgIpc) is 2.45. The van der Waals surface area contributed by atoms with Gasteiger partial charge >= 0.3 is 5.97 Å². The molecule has 1 atom stereocenters. The molecule has 0 radical (unpaired) electrons. The van der Waals surface area contributed by atoms with E-state index in [2.05, 4.69) is 20.9 Å². The highest BCUT2D eigenvalue weighted by molar-refractivity contribution is 9.10. The lowest BCUT2D eigenvalue weighted by Crippen LogP contribution is -2.08. The van der Waals surface area contributed by atoms with Crippen LogP contribution in [0.3, 0.4) is 0 Å². The van der Waals surface area contributed by atoms with Gasteiger partial charge in [0.15, 0.2) is 0 Å². The van der Waals surface area contributed by atoms with Crippen molar-refractivity contribution in [3.8, 4) is 0 Å². The van der Waals surface area contributed by atoms with Crippen LogP contribution in [0.1, 0.15) is 16.1 Å². The average molecular weight is 354 g/mol. The van der Waals surface area contributed by atoms with Gasteiger partial charge in [-0.1, -0.05) is 22.0 Å². The van der Waals surface area contributed by atoms with Crippen molar-refractivity contribution in [3.63, 3.8) is 0 Å². The first-order valence-electron chi connectivity index (χ1n) is 5.89. The minimum atomic E-state index is -1.38. The Morgan fingerprint density at radius 3 is 2.75 bits per heavy atom. The van der Waals surface area contributed by atoms with Crippen LogP contribution in [0.4, 0.5) is 0 Å². The Morgan fingerprint density at radius 1 is 1.30 bits per heavy atom. The molecule has 1 aromatic carbocycles. The number of hydrogen-bond acceptors (Lipinski definition) is 3. The molecule has 104 valence electrons. The van der Waals surface area contributed by atoms with Crippen molar-refractivity contribution < 1.29 is 14.1 Å². The summed E-state index contributed by atoms with van der Waals surface area (Å²) >= 11 is 3.27. The molecule has 0 saturated heterocycles. The molecule has 6 heteroatoms. The SMILES string of the molecule is O=C(O)c1ccc(Br)cc1S(=O)CCc1ccccn1. The van der Waals surface area contributed by atoms with Gasteiger partial charge in [0.1, 0.15) is 0 Å². The third-order valence-corrected chi connectivity index (χ3v) is 4.59. The standard InChI is InChI=1S/C14H12BrNO3S/c15-10-4-5-12(14(17)18)13(9-10)20(19)8-6-11-3-1-2-7-16-11/h1-5,7,9H,6,8H2,(H,17,18). The normalized spacial score (nSPS) is 12.1. The van der Waals surface area contributed by atoms with Crippen molar-refractivity contribution in [1.82, 2.24) is 4.98 Å². The van der Waals surface area contributed by atoms with E-state index >= 15 is 0 Å². The molecule has 0 spiro atoms. The van der Waals surface area contributed by atoms with Gasteiger partial charge in [-0.15, -0.1) is 0 Å². The van der Waals surface area contributed by atoms with E-state index in [0.717, 1.165) is 5.69 Å². The molecule has 0 bridgehead atoms. The first-order valence-corrected chi connectivity index (χ1v) is 8.00. The molecule has 0 aliphatic carbocycles. The predicted octanol–water partition coefficient (Wildman–Crippen LogP) is 2.89. The van der Waals surface area contributed by atoms with Crippen LogP contribution in [0.2, 0.25) is 0 Å². The van der Waals surface area contributed by atoms with E-state index in [9.17, 15) is 9.00 Å². The molecule has 2 aromatic rings. The zero-order valence-corrected chi connectivity index (χ0v) is 12.9. The second-order valence-corrected chi connectivity index (χ2v) is 6.52. The largest absolute Gasteiger partial charge is 0.478 e. The number of pyridine rings is 1. The highest BCUT2D eigenvalue weighted by Crippen LogP contribution is 2.20. The summed E-state index contributed by atoms with van der Waals surface area (Å²) in [6.07, 6.45) is 2.22. The maximum absolute atomic E-state index is 12.3. The minimum Gasteiger partial charge on any atom is -0.478 e. The van der Waals surface area contributed by atoms with Crippen molar-refractivity contribution in [1.29, 1.82) is 0 Å². The van der Waals surface area contributed by atoms with Gasteiger partial charge in [-0.3, -0.25) is 9.19 Å². The highest BCUT2D eigenvalue weighted by atomic mass is 79.9. The second kappa shape index (κ2) is 6.76. The van der Waals surface area contributed by atoms with Gasteiger partial charge in [0.05, 0.1) is 21.3 Å². The fraction of sp³-hybridized carbons (Fsp3) is 0.143. The Balaban J connectivity index is 2.17. The molecular formula is C14H12BrNO3S. The number of nitrogens with zero attached hydrogens (tertiary/aromatic N) is 1. The Morgan fingerprint density at radius 2 is 2.10 bits per heavy atom. The molecule has 0 aliphatic heterocycles. The summed E-state index contributed by atoms with van der Waals surface area (Å²) < 4.78 is 13.0. The summed E-state index contributed by atoms with van der Waals surface area (Å²) in [5.41, 5.74) is 0.917. The second-order valence-electron chi connectivity index (χ2n) is 4.07. The van der Waals surface area contributed by atoms with Crippen molar-refractivity contribution in [2.24, 2.45) is 0 Å². The van der Waals surface area contributed by atoms with E-state index < -0.39 is 16.8 Å². The molecule has 0 aliphatic rings. The number of hydrogen-bond donors (Lipinski definition) is 1. The molecule has 2 rings (SSSR count). The minimum absolute atomic E-state index is 0.0764. The monoisotopic (exact) mass is 353 g/mol. The molecule has 0 fully saturated rings. The van der Waals surface area contributed by atoms with Crippen LogP contribution in [0.25, 0.3) is 0 Å². The fourth-order valence-corrected chi connectivity index (χ4v) is 3.50. The van der Waals surface area contributed by atoms with Crippen LogP contribution in [-0.4, -0.2) is 26.0 Å². The number of aromatic carboxylic acids is 1. The van der Waals surface area contributed by atoms with Gasteiger partial charge in [-0.05, 0) is 30.3 Å². The van der Waals surface area contributed by atoms with E-state index in [1.165, 1.54) is 6.07 Å². The maximum atomic E-state index is 12.3. The fourth-order valence-electron chi connectivity index (χ4n) is 1.71. The van der Waals surface area contributed by atoms with Crippen molar-refractivity contribution in [2.45, 2.75) is 11.3 Å². The van der Waals surface area contributed by atoms with Gasteiger partial charge in [0.2, 0.25) is 0 Å². The number of rotatable bonds is 5. The van der Waals surface area contributed by atoms with Gasteiger partial charge in [-0.2, -0.15) is 0 Å². The Bertz CT molecular complexity index is 646. The quantitative estimate of drug-likeness (QED) is 0.897. The van der Waals surface area contributed by atoms with Crippen molar-refractivity contribution in [3.05, 3.63) is 58.3 Å². The molecule has 1 heterocycles. The number of carboxylic acids is 1. The third-order valence-electron chi connectivity index (χ3n) is 2.69. The molecule has 1 unspecified atom stereocenters. The van der Waals surface area contributed by atoms with E-state index in [1.807, 2.05) is 18.2 Å². The summed E-state index contributed by atoms with van der Waals surface area (Å²) in [5, 5.41) is 9.13. The third kappa shape index (κ3) is 3.74. The van der Waals surface area contributed by atoms with Crippen molar-refractivity contribution >= 4 is 32.7 Å². The summed E-state index contributed by atoms with van der Waals surface area (Å²) in [4.78, 5) is 15.6. The number of benzene rings is 1.